The predicted molar refractivity (Wildman–Crippen MR) is 141 cm³/mol. The van der Waals surface area contributed by atoms with E-state index in [0.717, 1.165) is 42.0 Å². The average molecular weight is 503 g/mol. The Kier molecular flexibility index (Phi) is 8.11. The summed E-state index contributed by atoms with van der Waals surface area (Å²) in [5.74, 6) is 0.377. The molecule has 1 aliphatic heterocycles. The van der Waals surface area contributed by atoms with Gasteiger partial charge in [0.25, 0.3) is 10.0 Å². The van der Waals surface area contributed by atoms with Gasteiger partial charge in [-0.2, -0.15) is 5.10 Å². The van der Waals surface area contributed by atoms with Gasteiger partial charge in [-0.15, -0.1) is 12.4 Å². The first-order valence-electron chi connectivity index (χ1n) is 11.6. The quantitative estimate of drug-likeness (QED) is 0.503. The zero-order valence-corrected chi connectivity index (χ0v) is 22.3. The highest BCUT2D eigenvalue weighted by atomic mass is 35.5. The fourth-order valence-electron chi connectivity index (χ4n) is 4.46. The molecule has 6 nitrogen and oxygen atoms in total. The molecule has 2 heterocycles. The second-order valence-corrected chi connectivity index (χ2v) is 11.3. The zero-order chi connectivity index (χ0) is 23.8. The Bertz CT molecular complexity index is 1250. The molecule has 0 fully saturated rings. The van der Waals surface area contributed by atoms with E-state index in [1.807, 2.05) is 26.1 Å². The summed E-state index contributed by atoms with van der Waals surface area (Å²) < 4.78 is 30.8. The molecule has 1 aliphatic rings. The third kappa shape index (κ3) is 5.65. The molecule has 1 N–H and O–H groups in total. The minimum Gasteiger partial charge on any atom is -0.302 e. The summed E-state index contributed by atoms with van der Waals surface area (Å²) in [6, 6.07) is 13.8. The maximum Gasteiger partial charge on any atom is 0.262 e. The van der Waals surface area contributed by atoms with Crippen LogP contribution in [-0.4, -0.2) is 36.7 Å². The van der Waals surface area contributed by atoms with Gasteiger partial charge in [-0.3, -0.25) is 9.40 Å². The van der Waals surface area contributed by atoms with E-state index in [-0.39, 0.29) is 17.3 Å². The number of fused-ring (bicyclic) bond motifs is 1. The second-order valence-electron chi connectivity index (χ2n) is 9.58. The third-order valence-corrected chi connectivity index (χ3v) is 7.74. The van der Waals surface area contributed by atoms with E-state index in [4.69, 9.17) is 0 Å². The minimum atomic E-state index is -3.72. The summed E-state index contributed by atoms with van der Waals surface area (Å²) >= 11 is 0. The molecule has 0 atom stereocenters. The van der Waals surface area contributed by atoms with Crippen molar-refractivity contribution in [3.63, 3.8) is 0 Å². The van der Waals surface area contributed by atoms with Crippen molar-refractivity contribution in [3.05, 3.63) is 65.0 Å². The first-order chi connectivity index (χ1) is 15.6. The van der Waals surface area contributed by atoms with E-state index in [2.05, 4.69) is 53.8 Å². The molecule has 4 rings (SSSR count). The zero-order valence-electron chi connectivity index (χ0n) is 20.6. The number of aryl methyl sites for hydroxylation is 2. The number of anilines is 1. The van der Waals surface area contributed by atoms with Crippen LogP contribution in [0.15, 0.2) is 47.4 Å². The van der Waals surface area contributed by atoms with Crippen molar-refractivity contribution in [2.75, 3.05) is 18.3 Å². The van der Waals surface area contributed by atoms with Crippen LogP contribution in [0.4, 0.5) is 5.69 Å². The molecule has 1 aromatic heterocycles. The van der Waals surface area contributed by atoms with Crippen LogP contribution in [0.5, 0.6) is 0 Å². The SMILES string of the molecule is Cc1c(NS(=O)(=O)c2ccc(-c3ccc4c(c3)CN(C)CCC4)cc2)c(CC(C)C)nn1C.Cl. The van der Waals surface area contributed by atoms with E-state index >= 15 is 0 Å². The predicted octanol–water partition coefficient (Wildman–Crippen LogP) is 5.19. The lowest BCUT2D eigenvalue weighted by molar-refractivity contribution is 0.332. The van der Waals surface area contributed by atoms with Crippen LogP contribution in [0, 0.1) is 12.8 Å². The highest BCUT2D eigenvalue weighted by Crippen LogP contribution is 2.29. The third-order valence-electron chi connectivity index (χ3n) is 6.37. The Morgan fingerprint density at radius 1 is 1.03 bits per heavy atom. The van der Waals surface area contributed by atoms with Crippen LogP contribution in [0.2, 0.25) is 0 Å². The van der Waals surface area contributed by atoms with Gasteiger partial charge in [-0.05, 0) is 86.1 Å². The van der Waals surface area contributed by atoms with Gasteiger partial charge in [-0.1, -0.05) is 38.1 Å². The first-order valence-corrected chi connectivity index (χ1v) is 13.1. The second kappa shape index (κ2) is 10.5. The van der Waals surface area contributed by atoms with Crippen LogP contribution < -0.4 is 4.72 Å². The summed E-state index contributed by atoms with van der Waals surface area (Å²) in [6.45, 7) is 8.14. The van der Waals surface area contributed by atoms with Crippen molar-refractivity contribution < 1.29 is 8.42 Å². The van der Waals surface area contributed by atoms with Crippen molar-refractivity contribution in [1.82, 2.24) is 14.7 Å². The molecule has 0 amide bonds. The van der Waals surface area contributed by atoms with Gasteiger partial charge in [0.05, 0.1) is 22.0 Å². The number of halogens is 1. The Morgan fingerprint density at radius 2 is 1.71 bits per heavy atom. The molecule has 34 heavy (non-hydrogen) atoms. The molecule has 3 aromatic rings. The van der Waals surface area contributed by atoms with Gasteiger partial charge in [0.1, 0.15) is 0 Å². The standard InChI is InChI=1S/C26H34N4O2S.ClH/c1-18(2)15-25-26(19(3)30(5)27-25)28-33(31,32)24-12-10-21(11-13-24)22-9-8-20-7-6-14-29(4)17-23(20)16-22;/h8-13,16,18,28H,6-7,14-15,17H2,1-5H3;1H. The highest BCUT2D eigenvalue weighted by molar-refractivity contribution is 7.92. The number of hydrogen-bond acceptors (Lipinski definition) is 4. The highest BCUT2D eigenvalue weighted by Gasteiger charge is 2.21. The summed E-state index contributed by atoms with van der Waals surface area (Å²) in [6.07, 6.45) is 3.00. The topological polar surface area (TPSA) is 67.2 Å². The van der Waals surface area contributed by atoms with Crippen LogP contribution in [0.3, 0.4) is 0 Å². The number of benzene rings is 2. The fraction of sp³-hybridized carbons (Fsp3) is 0.423. The average Bonchev–Trinajstić information content (AvgIpc) is 2.91. The molecular weight excluding hydrogens is 468 g/mol. The van der Waals surface area contributed by atoms with Gasteiger partial charge < -0.3 is 4.90 Å². The van der Waals surface area contributed by atoms with Crippen LogP contribution in [0.1, 0.15) is 42.8 Å². The maximum atomic E-state index is 13.2. The number of nitrogens with zero attached hydrogens (tertiary/aromatic N) is 3. The van der Waals surface area contributed by atoms with Crippen LogP contribution in [0.25, 0.3) is 11.1 Å². The number of sulfonamides is 1. The normalized spacial score (nSPS) is 14.4. The molecule has 0 aliphatic carbocycles. The van der Waals surface area contributed by atoms with Crippen LogP contribution >= 0.6 is 12.4 Å². The number of rotatable bonds is 6. The fourth-order valence-corrected chi connectivity index (χ4v) is 5.61. The lowest BCUT2D eigenvalue weighted by Gasteiger charge is -2.15. The lowest BCUT2D eigenvalue weighted by Crippen LogP contribution is -2.17. The summed E-state index contributed by atoms with van der Waals surface area (Å²) in [4.78, 5) is 2.60. The molecule has 0 bridgehead atoms. The van der Waals surface area contributed by atoms with E-state index in [0.29, 0.717) is 18.0 Å². The number of hydrogen-bond donors (Lipinski definition) is 1. The Balaban J connectivity index is 0.00000324. The van der Waals surface area contributed by atoms with Crippen molar-refractivity contribution in [3.8, 4) is 11.1 Å². The van der Waals surface area contributed by atoms with Crippen LogP contribution in [-0.2, 0) is 36.5 Å². The minimum absolute atomic E-state index is 0. The van der Waals surface area contributed by atoms with E-state index in [1.54, 1.807) is 16.8 Å². The summed E-state index contributed by atoms with van der Waals surface area (Å²) in [5.41, 5.74) is 7.07. The molecule has 0 saturated carbocycles. The van der Waals surface area contributed by atoms with Gasteiger partial charge in [-0.25, -0.2) is 8.42 Å². The van der Waals surface area contributed by atoms with Crippen molar-refractivity contribution in [1.29, 1.82) is 0 Å². The van der Waals surface area contributed by atoms with Crippen molar-refractivity contribution >= 4 is 28.1 Å². The van der Waals surface area contributed by atoms with Crippen molar-refractivity contribution in [2.24, 2.45) is 13.0 Å². The first kappa shape index (κ1) is 26.3. The molecule has 0 saturated heterocycles. The van der Waals surface area contributed by atoms with Gasteiger partial charge >= 0.3 is 0 Å². The summed E-state index contributed by atoms with van der Waals surface area (Å²) in [7, 11) is 0.279. The van der Waals surface area contributed by atoms with Gasteiger partial charge in [0.15, 0.2) is 0 Å². The molecule has 8 heteroatoms. The van der Waals surface area contributed by atoms with E-state index < -0.39 is 10.0 Å². The molecule has 0 spiro atoms. The molecular formula is C26H35ClN4O2S. The van der Waals surface area contributed by atoms with E-state index in [9.17, 15) is 8.42 Å². The van der Waals surface area contributed by atoms with Gasteiger partial charge in [0.2, 0.25) is 0 Å². The molecule has 184 valence electrons. The Hall–Kier alpha value is -2.35. The maximum absolute atomic E-state index is 13.2. The number of aromatic nitrogens is 2. The monoisotopic (exact) mass is 502 g/mol. The molecule has 2 aromatic carbocycles. The van der Waals surface area contributed by atoms with Crippen molar-refractivity contribution in [2.45, 2.75) is 51.5 Å². The molecule has 0 radical (unpaired) electrons. The number of nitrogens with one attached hydrogen (secondary N) is 1. The van der Waals surface area contributed by atoms with E-state index in [1.165, 1.54) is 17.5 Å². The molecule has 0 unspecified atom stereocenters. The summed E-state index contributed by atoms with van der Waals surface area (Å²) in [5, 5.41) is 4.52. The van der Waals surface area contributed by atoms with Gasteiger partial charge in [0, 0.05) is 13.6 Å². The Morgan fingerprint density at radius 3 is 2.38 bits per heavy atom. The Labute approximate surface area is 209 Å². The smallest absolute Gasteiger partial charge is 0.262 e. The largest absolute Gasteiger partial charge is 0.302 e. The lowest BCUT2D eigenvalue weighted by atomic mass is 9.97.